The van der Waals surface area contributed by atoms with Crippen molar-refractivity contribution in [2.24, 2.45) is 5.73 Å². The summed E-state index contributed by atoms with van der Waals surface area (Å²) in [5.74, 6) is 1.29. The number of H-pyrrole nitrogens is 1. The fourth-order valence-electron chi connectivity index (χ4n) is 2.18. The Bertz CT molecular complexity index is 505. The number of aromatic amines is 1. The summed E-state index contributed by atoms with van der Waals surface area (Å²) in [4.78, 5) is 3.25. The summed E-state index contributed by atoms with van der Waals surface area (Å²) in [6, 6.07) is 10.4. The monoisotopic (exact) mass is 258 g/mol. The minimum Gasteiger partial charge on any atom is -0.493 e. The van der Waals surface area contributed by atoms with Crippen LogP contribution in [0.3, 0.4) is 0 Å². The van der Waals surface area contributed by atoms with Crippen LogP contribution in [0.1, 0.15) is 29.2 Å². The summed E-state index contributed by atoms with van der Waals surface area (Å²) < 4.78 is 5.98. The van der Waals surface area contributed by atoms with E-state index in [0.717, 1.165) is 12.2 Å². The molecule has 2 aromatic rings. The van der Waals surface area contributed by atoms with Crippen LogP contribution in [-0.4, -0.2) is 18.1 Å². The third-order valence-electron chi connectivity index (χ3n) is 3.36. The molecule has 1 heterocycles. The molecule has 102 valence electrons. The molecule has 0 saturated carbocycles. The summed E-state index contributed by atoms with van der Waals surface area (Å²) in [7, 11) is 0. The number of rotatable bonds is 6. The van der Waals surface area contributed by atoms with Gasteiger partial charge in [0.05, 0.1) is 6.61 Å². The first-order chi connectivity index (χ1) is 9.20. The number of benzene rings is 1. The molecule has 1 aromatic heterocycles. The Morgan fingerprint density at radius 1 is 1.26 bits per heavy atom. The largest absolute Gasteiger partial charge is 0.493 e. The van der Waals surface area contributed by atoms with E-state index in [-0.39, 0.29) is 0 Å². The lowest BCUT2D eigenvalue weighted by atomic mass is 10.0. The third-order valence-corrected chi connectivity index (χ3v) is 3.36. The lowest BCUT2D eigenvalue weighted by Gasteiger charge is -2.17. The highest BCUT2D eigenvalue weighted by atomic mass is 16.5. The third kappa shape index (κ3) is 3.61. The zero-order valence-electron chi connectivity index (χ0n) is 11.6. The number of aryl methyl sites for hydroxylation is 2. The quantitative estimate of drug-likeness (QED) is 0.836. The average Bonchev–Trinajstić information content (AvgIpc) is 2.92. The Morgan fingerprint density at radius 3 is 2.79 bits per heavy atom. The highest BCUT2D eigenvalue weighted by Gasteiger charge is 2.13. The van der Waals surface area contributed by atoms with E-state index in [1.807, 2.05) is 12.3 Å². The van der Waals surface area contributed by atoms with Gasteiger partial charge in [-0.25, -0.2) is 0 Å². The molecule has 3 N–H and O–H groups in total. The molecule has 1 unspecified atom stereocenters. The van der Waals surface area contributed by atoms with Crippen LogP contribution >= 0.6 is 0 Å². The van der Waals surface area contributed by atoms with Gasteiger partial charge in [0.1, 0.15) is 5.75 Å². The van der Waals surface area contributed by atoms with Gasteiger partial charge >= 0.3 is 0 Å². The van der Waals surface area contributed by atoms with Crippen LogP contribution in [0.2, 0.25) is 0 Å². The molecule has 2 rings (SSSR count). The highest BCUT2D eigenvalue weighted by molar-refractivity contribution is 5.36. The SMILES string of the molecule is Cc1ccc(C)c(OCC(CCN)c2ccc[nH]2)c1. The van der Waals surface area contributed by atoms with E-state index in [4.69, 9.17) is 10.5 Å². The Balaban J connectivity index is 2.04. The van der Waals surface area contributed by atoms with Crippen molar-refractivity contribution in [1.29, 1.82) is 0 Å². The predicted octanol–water partition coefficient (Wildman–Crippen LogP) is 3.14. The molecule has 0 amide bonds. The second-order valence-corrected chi connectivity index (χ2v) is 4.98. The summed E-state index contributed by atoms with van der Waals surface area (Å²) in [5, 5.41) is 0. The molecule has 3 nitrogen and oxygen atoms in total. The fourth-order valence-corrected chi connectivity index (χ4v) is 2.18. The number of hydrogen-bond acceptors (Lipinski definition) is 2. The second kappa shape index (κ2) is 6.43. The summed E-state index contributed by atoms with van der Waals surface area (Å²) in [5.41, 5.74) is 9.27. The van der Waals surface area contributed by atoms with Crippen LogP contribution in [-0.2, 0) is 0 Å². The van der Waals surface area contributed by atoms with Crippen molar-refractivity contribution in [3.8, 4) is 5.75 Å². The zero-order valence-corrected chi connectivity index (χ0v) is 11.6. The molecule has 1 atom stereocenters. The molecule has 0 aliphatic carbocycles. The van der Waals surface area contributed by atoms with Gasteiger partial charge < -0.3 is 15.5 Å². The van der Waals surface area contributed by atoms with Gasteiger partial charge in [-0.2, -0.15) is 0 Å². The van der Waals surface area contributed by atoms with Gasteiger partial charge in [-0.15, -0.1) is 0 Å². The molecule has 0 saturated heterocycles. The maximum atomic E-state index is 5.98. The maximum absolute atomic E-state index is 5.98. The van der Waals surface area contributed by atoms with Crippen molar-refractivity contribution in [1.82, 2.24) is 4.98 Å². The van der Waals surface area contributed by atoms with Crippen molar-refractivity contribution in [3.63, 3.8) is 0 Å². The molecular formula is C16H22N2O. The van der Waals surface area contributed by atoms with Gasteiger partial charge in [-0.05, 0) is 56.1 Å². The summed E-state index contributed by atoms with van der Waals surface area (Å²) in [6.07, 6.45) is 2.86. The Morgan fingerprint density at radius 2 is 2.11 bits per heavy atom. The highest BCUT2D eigenvalue weighted by Crippen LogP contribution is 2.23. The first kappa shape index (κ1) is 13.7. The summed E-state index contributed by atoms with van der Waals surface area (Å²) >= 11 is 0. The van der Waals surface area contributed by atoms with E-state index in [0.29, 0.717) is 19.1 Å². The van der Waals surface area contributed by atoms with Crippen LogP contribution in [0, 0.1) is 13.8 Å². The molecule has 0 aliphatic heterocycles. The van der Waals surface area contributed by atoms with E-state index in [2.05, 4.69) is 43.1 Å². The number of ether oxygens (including phenoxy) is 1. The normalized spacial score (nSPS) is 12.4. The summed E-state index contributed by atoms with van der Waals surface area (Å²) in [6.45, 7) is 5.47. The molecule has 19 heavy (non-hydrogen) atoms. The maximum Gasteiger partial charge on any atom is 0.122 e. The van der Waals surface area contributed by atoms with Gasteiger partial charge in [0.15, 0.2) is 0 Å². The van der Waals surface area contributed by atoms with Crippen LogP contribution in [0.25, 0.3) is 0 Å². The second-order valence-electron chi connectivity index (χ2n) is 4.98. The van der Waals surface area contributed by atoms with E-state index < -0.39 is 0 Å². The molecule has 0 radical (unpaired) electrons. The average molecular weight is 258 g/mol. The predicted molar refractivity (Wildman–Crippen MR) is 78.6 cm³/mol. The molecule has 0 aliphatic rings. The van der Waals surface area contributed by atoms with Crippen LogP contribution in [0.15, 0.2) is 36.5 Å². The molecular weight excluding hydrogens is 236 g/mol. The Labute approximate surface area is 114 Å². The van der Waals surface area contributed by atoms with Crippen LogP contribution in [0.4, 0.5) is 0 Å². The molecule has 0 fully saturated rings. The van der Waals surface area contributed by atoms with Gasteiger partial charge in [0.25, 0.3) is 0 Å². The zero-order chi connectivity index (χ0) is 13.7. The molecule has 0 spiro atoms. The topological polar surface area (TPSA) is 51.0 Å². The number of hydrogen-bond donors (Lipinski definition) is 2. The van der Waals surface area contributed by atoms with Gasteiger partial charge in [0, 0.05) is 17.8 Å². The van der Waals surface area contributed by atoms with Crippen molar-refractivity contribution in [2.45, 2.75) is 26.2 Å². The number of aromatic nitrogens is 1. The van der Waals surface area contributed by atoms with Crippen LogP contribution < -0.4 is 10.5 Å². The minimum absolute atomic E-state index is 0.319. The molecule has 1 aromatic carbocycles. The van der Waals surface area contributed by atoms with Gasteiger partial charge in [0.2, 0.25) is 0 Å². The van der Waals surface area contributed by atoms with Crippen molar-refractivity contribution in [2.75, 3.05) is 13.2 Å². The minimum atomic E-state index is 0.319. The first-order valence-corrected chi connectivity index (χ1v) is 6.74. The van der Waals surface area contributed by atoms with Gasteiger partial charge in [-0.3, -0.25) is 0 Å². The number of nitrogens with two attached hydrogens (primary N) is 1. The van der Waals surface area contributed by atoms with Crippen molar-refractivity contribution < 1.29 is 4.74 Å². The first-order valence-electron chi connectivity index (χ1n) is 6.74. The Hall–Kier alpha value is -1.74. The number of nitrogens with one attached hydrogen (secondary N) is 1. The lowest BCUT2D eigenvalue weighted by molar-refractivity contribution is 0.279. The molecule has 0 bridgehead atoms. The van der Waals surface area contributed by atoms with Gasteiger partial charge in [-0.1, -0.05) is 12.1 Å². The van der Waals surface area contributed by atoms with Crippen molar-refractivity contribution in [3.05, 3.63) is 53.3 Å². The Kier molecular flexibility index (Phi) is 4.63. The van der Waals surface area contributed by atoms with Crippen LogP contribution in [0.5, 0.6) is 5.75 Å². The molecule has 3 heteroatoms. The standard InChI is InChI=1S/C16H22N2O/c1-12-5-6-13(2)16(10-12)19-11-14(7-8-17)15-4-3-9-18-15/h3-6,9-10,14,18H,7-8,11,17H2,1-2H3. The lowest BCUT2D eigenvalue weighted by Crippen LogP contribution is -2.15. The fraction of sp³-hybridized carbons (Fsp3) is 0.375. The van der Waals surface area contributed by atoms with E-state index >= 15 is 0 Å². The van der Waals surface area contributed by atoms with E-state index in [1.165, 1.54) is 16.8 Å². The smallest absolute Gasteiger partial charge is 0.122 e. The van der Waals surface area contributed by atoms with Crippen molar-refractivity contribution >= 4 is 0 Å². The van der Waals surface area contributed by atoms with E-state index in [1.54, 1.807) is 0 Å². The van der Waals surface area contributed by atoms with E-state index in [9.17, 15) is 0 Å².